The largest absolute Gasteiger partial charge is 0.497 e. The van der Waals surface area contributed by atoms with Gasteiger partial charge in [-0.2, -0.15) is 13.2 Å². The van der Waals surface area contributed by atoms with E-state index in [1.807, 2.05) is 28.8 Å². The number of ketones is 2. The fraction of sp³-hybridized carbons (Fsp3) is 0.535. The first-order valence-electron chi connectivity index (χ1n) is 41.3. The Bertz CT molecular complexity index is 4690. The number of Topliss-reactive ketones (excluding diaryl/α,β-unsaturated/α-hetero) is 2. The van der Waals surface area contributed by atoms with Gasteiger partial charge < -0.3 is 84.8 Å². The van der Waals surface area contributed by atoms with Crippen molar-refractivity contribution in [1.82, 2.24) is 66.2 Å². The first-order chi connectivity index (χ1) is 58.1. The summed E-state index contributed by atoms with van der Waals surface area (Å²) in [5.41, 5.74) is 3.36. The van der Waals surface area contributed by atoms with Crippen molar-refractivity contribution in [2.75, 3.05) is 101 Å². The molecule has 0 aliphatic carbocycles. The summed E-state index contributed by atoms with van der Waals surface area (Å²) in [5.74, 6) is -12.8. The van der Waals surface area contributed by atoms with Gasteiger partial charge in [0, 0.05) is 107 Å². The molecule has 4 aromatic carbocycles. The van der Waals surface area contributed by atoms with E-state index < -0.39 is 157 Å². The number of carboxylic acid groups (broad SMARTS) is 1. The van der Waals surface area contributed by atoms with E-state index in [4.69, 9.17) is 28.8 Å². The number of aromatic nitrogens is 4. The number of ether oxygens (including phenoxy) is 4. The fourth-order valence-electron chi connectivity index (χ4n) is 15.7. The second kappa shape index (κ2) is 43.1. The number of methoxy groups -OCH3 is 1. The number of quaternary nitrogens is 1. The molecule has 14 bridgehead atoms. The van der Waals surface area contributed by atoms with Crippen molar-refractivity contribution in [3.05, 3.63) is 148 Å². The average Bonchev–Trinajstić information content (AvgIpc) is 1.65. The monoisotopic (exact) mass is 1700 g/mol. The van der Waals surface area contributed by atoms with E-state index in [-0.39, 0.29) is 123 Å². The van der Waals surface area contributed by atoms with Gasteiger partial charge in [0.05, 0.1) is 98.1 Å². The Hall–Kier alpha value is -11.1. The molecule has 6 aliphatic heterocycles. The van der Waals surface area contributed by atoms with Crippen molar-refractivity contribution in [2.24, 2.45) is 11.8 Å². The predicted molar refractivity (Wildman–Crippen MR) is 434 cm³/mol. The van der Waals surface area contributed by atoms with Crippen molar-refractivity contribution in [2.45, 2.75) is 184 Å². The molecule has 6 aromatic rings. The van der Waals surface area contributed by atoms with E-state index in [0.29, 0.717) is 94.4 Å². The molecule has 122 heavy (non-hydrogen) atoms. The van der Waals surface area contributed by atoms with Gasteiger partial charge in [-0.05, 0) is 129 Å². The van der Waals surface area contributed by atoms with Crippen LogP contribution in [-0.4, -0.2) is 268 Å². The summed E-state index contributed by atoms with van der Waals surface area (Å²) in [6.07, 6.45) is -4.30. The molecule has 9 atom stereocenters. The number of fused-ring (bicyclic) bond motifs is 16. The quantitative estimate of drug-likeness (QED) is 0.0409. The lowest BCUT2D eigenvalue weighted by molar-refractivity contribution is -0.870. The van der Waals surface area contributed by atoms with E-state index in [1.165, 1.54) is 36.0 Å². The number of aliphatic hydroxyl groups is 1. The van der Waals surface area contributed by atoms with Crippen molar-refractivity contribution in [3.63, 3.8) is 0 Å². The van der Waals surface area contributed by atoms with Gasteiger partial charge >= 0.3 is 12.1 Å². The Morgan fingerprint density at radius 2 is 1.44 bits per heavy atom. The average molecular weight is 1700 g/mol. The lowest BCUT2D eigenvalue weighted by Crippen LogP contribution is -2.60. The van der Waals surface area contributed by atoms with Crippen molar-refractivity contribution in [1.29, 1.82) is 0 Å². The summed E-state index contributed by atoms with van der Waals surface area (Å²) in [6, 6.07) is 19.7. The van der Waals surface area contributed by atoms with Crippen LogP contribution in [0.5, 0.6) is 5.75 Å². The number of carbonyl (C=O) groups is 12. The molecule has 36 heteroatoms. The van der Waals surface area contributed by atoms with E-state index in [2.05, 4.69) is 63.4 Å². The number of hydrogen-bond donors (Lipinski definition) is 8. The Morgan fingerprint density at radius 1 is 0.721 bits per heavy atom. The summed E-state index contributed by atoms with van der Waals surface area (Å²) in [6.45, 7) is 4.58. The zero-order chi connectivity index (χ0) is 88.0. The summed E-state index contributed by atoms with van der Waals surface area (Å²) < 4.78 is 75.0. The first kappa shape index (κ1) is 93.2. The molecule has 8 heterocycles. The number of aliphatic hydroxyl groups excluding tert-OH is 1. The number of aliphatic carboxylic acids is 1. The molecule has 0 saturated carbocycles. The summed E-state index contributed by atoms with van der Waals surface area (Å²) in [7, 11) is 7.66. The van der Waals surface area contributed by atoms with Crippen molar-refractivity contribution < 1.29 is 109 Å². The number of carboxylic acids is 1. The summed E-state index contributed by atoms with van der Waals surface area (Å²) in [4.78, 5) is 178. The fourth-order valence-corrected chi connectivity index (χ4v) is 15.7. The topological polar surface area (TPSA) is 400 Å². The van der Waals surface area contributed by atoms with Gasteiger partial charge in [-0.1, -0.05) is 72.3 Å². The van der Waals surface area contributed by atoms with Crippen LogP contribution in [0, 0.1) is 17.7 Å². The van der Waals surface area contributed by atoms with Crippen LogP contribution in [0.4, 0.5) is 17.6 Å². The van der Waals surface area contributed by atoms with Crippen LogP contribution in [0.2, 0.25) is 0 Å². The molecule has 6 aliphatic rings. The third kappa shape index (κ3) is 26.5. The second-order valence-electron chi connectivity index (χ2n) is 32.9. The molecule has 0 spiro atoms. The molecule has 2 fully saturated rings. The SMILES string of the molecule is COc1ccc(C[C@@H]2NC(=O)[C@H]([C@@H](C)O)CC(=O)[C@@H]3[C@@H]4CCN3C(=O)[C@H]3CC(=O)[C@H](Cc5cccc(c5)CNC(=O)CO4)NC(=O)[C@@H](CNC(=O)CCOCCOCC[N+](C)(C)C)NC(=O)CCCCCC(=O)N(CCn4cc(nn4)Cn4cc(c5cc(F)ccc54)C3)Cc3ccc(cc3)CCNC(=O)[C@]3(C)CCCN3C2=O)cc1.O=C(O)C(F)(F)F. The number of benzene rings is 4. The van der Waals surface area contributed by atoms with E-state index in [9.17, 15) is 42.3 Å². The van der Waals surface area contributed by atoms with Crippen LogP contribution >= 0.6 is 0 Å². The molecule has 9 amide bonds. The number of alkyl halides is 3. The molecular weight excluding hydrogens is 1590 g/mol. The van der Waals surface area contributed by atoms with Crippen LogP contribution in [-0.2, 0) is 124 Å². The number of nitrogens with zero attached hydrogens (tertiary/aromatic N) is 8. The van der Waals surface area contributed by atoms with Gasteiger partial charge in [-0.3, -0.25) is 57.4 Å². The Labute approximate surface area is 704 Å². The summed E-state index contributed by atoms with van der Waals surface area (Å²) >= 11 is 0. The standard InChI is InChI=1S/C84H109FN14O16.C2HF3O2/c1-54(100)65-46-72(102)78-73-27-32-97(78)81(109)60-43-61-50-95(70-25-22-62(85)45-66(61)70)51-63-52-96(93-92-63)34-33-94(49-57-18-16-55(17-19-57)26-30-86-83(111)84(2)29-11-31-98(84)82(110)68(91-79(65)107)41-56-20-23-64(112-6)24-21-56)77(106)15-9-7-8-14-75(104)89-69(48-88-74(103)28-36-113-38-39-114-37-35-99(3,4)5)80(108)90-67(71(101)44-60)42-58-12-10-13-59(40-58)47-87-76(105)53-115-73;3-2(4,5)1(6)7/h10,12-13,16-25,40,45,50,52,54,60,65,67-69,73,78,100H,7-9,11,14-15,26-39,41-44,46-49,51,53H2,1-6H3,(H5-,86,87,88,89,90,91,103,104,105,107,108,111);(H,6,7)/p+1/t54-,60-,65+,67+,68+,69-,73+,78-,84+;/m1./s1. The maximum Gasteiger partial charge on any atom is 0.490 e. The Balaban J connectivity index is 0.00000213. The highest BCUT2D eigenvalue weighted by atomic mass is 19.4. The van der Waals surface area contributed by atoms with Crippen LogP contribution in [0.15, 0.2) is 103 Å². The zero-order valence-corrected chi connectivity index (χ0v) is 69.7. The lowest BCUT2D eigenvalue weighted by Gasteiger charge is -2.37. The maximum absolute atomic E-state index is 16.4. The van der Waals surface area contributed by atoms with Gasteiger partial charge in [-0.15, -0.1) is 5.10 Å². The molecule has 660 valence electrons. The van der Waals surface area contributed by atoms with E-state index >= 15 is 33.2 Å². The van der Waals surface area contributed by atoms with Gasteiger partial charge in [0.2, 0.25) is 53.2 Å². The van der Waals surface area contributed by atoms with E-state index in [1.54, 1.807) is 83.5 Å². The van der Waals surface area contributed by atoms with Gasteiger partial charge in [-0.25, -0.2) is 9.18 Å². The smallest absolute Gasteiger partial charge is 0.490 e. The minimum Gasteiger partial charge on any atom is -0.497 e. The van der Waals surface area contributed by atoms with Gasteiger partial charge in [0.25, 0.3) is 0 Å². The third-order valence-electron chi connectivity index (χ3n) is 22.6. The highest BCUT2D eigenvalue weighted by Gasteiger charge is 2.50. The number of rotatable bonds is 15. The Morgan fingerprint density at radius 3 is 2.16 bits per heavy atom. The number of amides is 9. The minimum absolute atomic E-state index is 0.00923. The Kier molecular flexibility index (Phi) is 32.9. The molecule has 2 saturated heterocycles. The van der Waals surface area contributed by atoms with Crippen LogP contribution in [0.3, 0.4) is 0 Å². The van der Waals surface area contributed by atoms with Crippen LogP contribution < -0.4 is 36.6 Å². The maximum atomic E-state index is 16.4. The van der Waals surface area contributed by atoms with Crippen molar-refractivity contribution in [3.8, 4) is 5.75 Å². The van der Waals surface area contributed by atoms with Crippen LogP contribution in [0.1, 0.15) is 124 Å². The first-order valence-corrected chi connectivity index (χ1v) is 41.3. The number of hydrogen-bond acceptors (Lipinski definition) is 19. The number of halogens is 4. The predicted octanol–water partition coefficient (Wildman–Crippen LogP) is 3.98. The molecule has 2 aromatic heterocycles. The number of likely N-dealkylation sites (N-methyl/N-ethyl adjacent to an activating group) is 1. The van der Waals surface area contributed by atoms with Crippen LogP contribution in [0.25, 0.3) is 10.9 Å². The molecule has 8 N–H and O–H groups in total. The van der Waals surface area contributed by atoms with Gasteiger partial charge in [0.15, 0.2) is 11.6 Å². The minimum atomic E-state index is -5.08. The number of carbonyl (C=O) groups excluding carboxylic acids is 11. The molecular formula is C86H111F4N14O18+. The second-order valence-corrected chi connectivity index (χ2v) is 32.9. The number of nitrogens with one attached hydrogen (secondary N) is 6. The molecule has 0 radical (unpaired) electrons. The molecule has 12 rings (SSSR count). The van der Waals surface area contributed by atoms with Gasteiger partial charge in [0.1, 0.15) is 54.1 Å². The zero-order valence-electron chi connectivity index (χ0n) is 69.7. The lowest BCUT2D eigenvalue weighted by atomic mass is 9.87. The summed E-state index contributed by atoms with van der Waals surface area (Å²) in [5, 5.41) is 45.5. The third-order valence-corrected chi connectivity index (χ3v) is 22.6. The highest BCUT2D eigenvalue weighted by Crippen LogP contribution is 2.35. The molecule has 0 unspecified atom stereocenters. The molecule has 32 nitrogen and oxygen atoms in total. The van der Waals surface area contributed by atoms with E-state index in [0.717, 1.165) is 17.7 Å². The normalized spacial score (nSPS) is 23.1. The highest BCUT2D eigenvalue weighted by molar-refractivity contribution is 6.00. The van der Waals surface area contributed by atoms with Crippen molar-refractivity contribution >= 4 is 81.6 Å².